The molecule has 3 nitrogen and oxygen atoms in total. The molecule has 3 heteroatoms. The molecule has 1 aliphatic rings. The van der Waals surface area contributed by atoms with Crippen molar-refractivity contribution in [2.24, 2.45) is 11.3 Å². The first-order valence-corrected chi connectivity index (χ1v) is 4.75. The number of ether oxygens (including phenoxy) is 1. The summed E-state index contributed by atoms with van der Waals surface area (Å²) < 4.78 is 5.20. The van der Waals surface area contributed by atoms with Gasteiger partial charge in [0.2, 0.25) is 0 Å². The zero-order chi connectivity index (χ0) is 9.90. The smallest absolute Gasteiger partial charge is 0.0779 e. The molecule has 1 saturated heterocycles. The maximum Gasteiger partial charge on any atom is 0.0779 e. The fourth-order valence-electron chi connectivity index (χ4n) is 1.69. The molecule has 0 spiro atoms. The van der Waals surface area contributed by atoms with Gasteiger partial charge in [0.1, 0.15) is 0 Å². The molecule has 74 valence electrons. The number of hydrogen-bond donors (Lipinski definition) is 1. The van der Waals surface area contributed by atoms with Crippen LogP contribution in [0.15, 0.2) is 0 Å². The number of rotatable bonds is 2. The van der Waals surface area contributed by atoms with Crippen molar-refractivity contribution in [3.05, 3.63) is 0 Å². The summed E-state index contributed by atoms with van der Waals surface area (Å²) in [5, 5.41) is 18.8. The minimum Gasteiger partial charge on any atom is -0.391 e. The molecule has 0 aromatic heterocycles. The molecular formula is C10H17NO2. The third kappa shape index (κ3) is 2.43. The van der Waals surface area contributed by atoms with E-state index in [9.17, 15) is 5.11 Å². The van der Waals surface area contributed by atoms with Crippen LogP contribution in [0.1, 0.15) is 26.7 Å². The van der Waals surface area contributed by atoms with Crippen LogP contribution in [0, 0.1) is 22.7 Å². The molecule has 0 aromatic carbocycles. The number of nitriles is 1. The molecule has 1 heterocycles. The summed E-state index contributed by atoms with van der Waals surface area (Å²) in [5.74, 6) is 0.225. The summed E-state index contributed by atoms with van der Waals surface area (Å²) in [6.45, 7) is 4.99. The predicted octanol–water partition coefficient (Wildman–Crippen LogP) is 1.32. The Morgan fingerprint density at radius 1 is 1.46 bits per heavy atom. The fraction of sp³-hybridized carbons (Fsp3) is 0.900. The molecule has 13 heavy (non-hydrogen) atoms. The molecule has 1 rings (SSSR count). The van der Waals surface area contributed by atoms with E-state index in [1.54, 1.807) is 13.8 Å². The summed E-state index contributed by atoms with van der Waals surface area (Å²) in [4.78, 5) is 0. The van der Waals surface area contributed by atoms with E-state index in [2.05, 4.69) is 6.07 Å². The largest absolute Gasteiger partial charge is 0.391 e. The summed E-state index contributed by atoms with van der Waals surface area (Å²) in [6, 6.07) is 2.15. The highest BCUT2D eigenvalue weighted by molar-refractivity contribution is 4.99. The average Bonchev–Trinajstić information content (AvgIpc) is 2.18. The van der Waals surface area contributed by atoms with Gasteiger partial charge >= 0.3 is 0 Å². The predicted molar refractivity (Wildman–Crippen MR) is 48.9 cm³/mol. The minimum atomic E-state index is -0.637. The summed E-state index contributed by atoms with van der Waals surface area (Å²) in [6.07, 6.45) is 1.21. The minimum absolute atomic E-state index is 0.225. The first kappa shape index (κ1) is 10.5. The van der Waals surface area contributed by atoms with Crippen LogP contribution in [-0.2, 0) is 4.74 Å². The third-order valence-electron chi connectivity index (χ3n) is 2.74. The highest BCUT2D eigenvalue weighted by atomic mass is 16.5. The SMILES string of the molecule is CC(C)(C#N)C(O)C1CCOCC1. The van der Waals surface area contributed by atoms with Crippen LogP contribution in [-0.4, -0.2) is 24.4 Å². The second-order valence-corrected chi connectivity index (χ2v) is 4.23. The van der Waals surface area contributed by atoms with Crippen molar-refractivity contribution >= 4 is 0 Å². The van der Waals surface area contributed by atoms with Gasteiger partial charge in [0.15, 0.2) is 0 Å². The van der Waals surface area contributed by atoms with Crippen LogP contribution in [0.3, 0.4) is 0 Å². The first-order chi connectivity index (χ1) is 6.08. The Hall–Kier alpha value is -0.590. The Bertz CT molecular complexity index is 201. The normalized spacial score (nSPS) is 22.3. The third-order valence-corrected chi connectivity index (χ3v) is 2.74. The van der Waals surface area contributed by atoms with E-state index in [0.717, 1.165) is 12.8 Å². The van der Waals surface area contributed by atoms with Crippen LogP contribution in [0.2, 0.25) is 0 Å². The van der Waals surface area contributed by atoms with E-state index < -0.39 is 11.5 Å². The van der Waals surface area contributed by atoms with E-state index in [1.807, 2.05) is 0 Å². The Morgan fingerprint density at radius 2 is 2.00 bits per heavy atom. The first-order valence-electron chi connectivity index (χ1n) is 4.75. The van der Waals surface area contributed by atoms with Gasteiger partial charge in [-0.25, -0.2) is 0 Å². The zero-order valence-corrected chi connectivity index (χ0v) is 8.29. The highest BCUT2D eigenvalue weighted by Crippen LogP contribution is 2.30. The molecular weight excluding hydrogens is 166 g/mol. The lowest BCUT2D eigenvalue weighted by molar-refractivity contribution is -0.0278. The number of hydrogen-bond acceptors (Lipinski definition) is 3. The molecule has 1 fully saturated rings. The van der Waals surface area contributed by atoms with E-state index >= 15 is 0 Å². The quantitative estimate of drug-likeness (QED) is 0.702. The van der Waals surface area contributed by atoms with Crippen LogP contribution in [0.25, 0.3) is 0 Å². The molecule has 0 amide bonds. The average molecular weight is 183 g/mol. The molecule has 1 unspecified atom stereocenters. The van der Waals surface area contributed by atoms with Gasteiger partial charge in [-0.1, -0.05) is 0 Å². The van der Waals surface area contributed by atoms with Crippen molar-refractivity contribution in [1.29, 1.82) is 5.26 Å². The van der Waals surface area contributed by atoms with Crippen molar-refractivity contribution in [3.63, 3.8) is 0 Å². The van der Waals surface area contributed by atoms with Gasteiger partial charge in [0, 0.05) is 13.2 Å². The van der Waals surface area contributed by atoms with Gasteiger partial charge in [0.25, 0.3) is 0 Å². The summed E-state index contributed by atoms with van der Waals surface area (Å²) in [7, 11) is 0. The Morgan fingerprint density at radius 3 is 2.46 bits per heavy atom. The van der Waals surface area contributed by atoms with Crippen LogP contribution < -0.4 is 0 Å². The van der Waals surface area contributed by atoms with Crippen molar-refractivity contribution < 1.29 is 9.84 Å². The fourth-order valence-corrected chi connectivity index (χ4v) is 1.69. The molecule has 1 atom stereocenters. The zero-order valence-electron chi connectivity index (χ0n) is 8.29. The Balaban J connectivity index is 2.55. The maximum atomic E-state index is 9.92. The van der Waals surface area contributed by atoms with Crippen molar-refractivity contribution in [2.75, 3.05) is 13.2 Å². The summed E-state index contributed by atoms with van der Waals surface area (Å²) >= 11 is 0. The van der Waals surface area contributed by atoms with Crippen LogP contribution in [0.4, 0.5) is 0 Å². The monoisotopic (exact) mass is 183 g/mol. The lowest BCUT2D eigenvalue weighted by Gasteiger charge is -2.33. The second kappa shape index (κ2) is 4.08. The molecule has 0 radical (unpaired) electrons. The van der Waals surface area contributed by atoms with Gasteiger partial charge in [-0.2, -0.15) is 5.26 Å². The Labute approximate surface area is 79.3 Å². The molecule has 1 N–H and O–H groups in total. The lowest BCUT2D eigenvalue weighted by Crippen LogP contribution is -2.37. The van der Waals surface area contributed by atoms with E-state index in [0.29, 0.717) is 13.2 Å². The Kier molecular flexibility index (Phi) is 3.29. The second-order valence-electron chi connectivity index (χ2n) is 4.23. The van der Waals surface area contributed by atoms with E-state index in [4.69, 9.17) is 10.00 Å². The van der Waals surface area contributed by atoms with E-state index in [1.165, 1.54) is 0 Å². The lowest BCUT2D eigenvalue weighted by atomic mass is 9.78. The van der Waals surface area contributed by atoms with Crippen LogP contribution in [0.5, 0.6) is 0 Å². The van der Waals surface area contributed by atoms with Crippen molar-refractivity contribution in [3.8, 4) is 6.07 Å². The van der Waals surface area contributed by atoms with Crippen molar-refractivity contribution in [2.45, 2.75) is 32.8 Å². The number of aliphatic hydroxyl groups is 1. The highest BCUT2D eigenvalue weighted by Gasteiger charge is 2.34. The van der Waals surface area contributed by atoms with Gasteiger partial charge < -0.3 is 9.84 Å². The summed E-state index contributed by atoms with van der Waals surface area (Å²) in [5.41, 5.74) is -0.637. The van der Waals surface area contributed by atoms with Crippen molar-refractivity contribution in [1.82, 2.24) is 0 Å². The van der Waals surface area contributed by atoms with Crippen LogP contribution >= 0.6 is 0 Å². The molecule has 0 aliphatic carbocycles. The topological polar surface area (TPSA) is 53.2 Å². The number of aliphatic hydroxyl groups excluding tert-OH is 1. The van der Waals surface area contributed by atoms with Gasteiger partial charge in [0.05, 0.1) is 17.6 Å². The molecule has 0 aromatic rings. The van der Waals surface area contributed by atoms with Gasteiger partial charge in [-0.15, -0.1) is 0 Å². The molecule has 0 bridgehead atoms. The number of nitrogens with zero attached hydrogens (tertiary/aromatic N) is 1. The van der Waals surface area contributed by atoms with Gasteiger partial charge in [-0.05, 0) is 32.6 Å². The maximum absolute atomic E-state index is 9.92. The molecule has 0 saturated carbocycles. The molecule has 1 aliphatic heterocycles. The van der Waals surface area contributed by atoms with E-state index in [-0.39, 0.29) is 5.92 Å². The van der Waals surface area contributed by atoms with Gasteiger partial charge in [-0.3, -0.25) is 0 Å². The standard InChI is InChI=1S/C10H17NO2/c1-10(2,7-11)9(12)8-3-5-13-6-4-8/h8-9,12H,3-6H2,1-2H3.